The van der Waals surface area contributed by atoms with Gasteiger partial charge in [0.15, 0.2) is 0 Å². The van der Waals surface area contributed by atoms with Crippen LogP contribution in [0.1, 0.15) is 25.1 Å². The predicted molar refractivity (Wildman–Crippen MR) is 90.8 cm³/mol. The van der Waals surface area contributed by atoms with Gasteiger partial charge >= 0.3 is 0 Å². The Kier molecular flexibility index (Phi) is 6.08. The molecule has 2 N–H and O–H groups in total. The van der Waals surface area contributed by atoms with E-state index in [4.69, 9.17) is 10.5 Å². The first-order chi connectivity index (χ1) is 10.1. The minimum absolute atomic E-state index is 0.541. The lowest BCUT2D eigenvalue weighted by Crippen LogP contribution is -2.31. The minimum Gasteiger partial charge on any atom is -0.493 e. The molecule has 1 heterocycles. The third kappa shape index (κ3) is 5.40. The molecule has 0 fully saturated rings. The van der Waals surface area contributed by atoms with Crippen LogP contribution in [0.5, 0.6) is 5.75 Å². The van der Waals surface area contributed by atoms with Crippen LogP contribution in [-0.2, 0) is 6.54 Å². The molecule has 2 rings (SSSR count). The van der Waals surface area contributed by atoms with E-state index >= 15 is 0 Å². The maximum atomic E-state index is 5.75. The van der Waals surface area contributed by atoms with Gasteiger partial charge in [0.05, 0.1) is 6.61 Å². The second-order valence-corrected chi connectivity index (χ2v) is 6.45. The number of nitrogen functional groups attached to an aromatic ring is 1. The molecule has 21 heavy (non-hydrogen) atoms. The van der Waals surface area contributed by atoms with Gasteiger partial charge in [0.25, 0.3) is 0 Å². The normalized spacial score (nSPS) is 11.2. The molecule has 0 spiro atoms. The van der Waals surface area contributed by atoms with E-state index in [1.165, 1.54) is 4.88 Å². The average Bonchev–Trinajstić information content (AvgIpc) is 2.95. The monoisotopic (exact) mass is 304 g/mol. The molecule has 0 aliphatic rings. The van der Waals surface area contributed by atoms with Crippen LogP contribution in [0.25, 0.3) is 0 Å². The quantitative estimate of drug-likeness (QED) is 0.591. The van der Waals surface area contributed by atoms with Gasteiger partial charge in [0, 0.05) is 35.8 Å². The van der Waals surface area contributed by atoms with Crippen molar-refractivity contribution >= 4 is 17.0 Å². The Labute approximate surface area is 131 Å². The summed E-state index contributed by atoms with van der Waals surface area (Å²) in [6, 6.07) is 12.5. The molecular formula is C17H24N2OS. The Morgan fingerprint density at radius 1 is 1.24 bits per heavy atom. The smallest absolute Gasteiger partial charge is 0.121 e. The molecule has 0 unspecified atom stereocenters. The number of nitrogens with zero attached hydrogens (tertiary/aromatic N) is 1. The van der Waals surface area contributed by atoms with E-state index < -0.39 is 0 Å². The summed E-state index contributed by atoms with van der Waals surface area (Å²) in [5.74, 6) is 0.851. The van der Waals surface area contributed by atoms with Gasteiger partial charge in [-0.25, -0.2) is 0 Å². The van der Waals surface area contributed by atoms with E-state index in [0.29, 0.717) is 6.04 Å². The Balaban J connectivity index is 1.74. The van der Waals surface area contributed by atoms with Gasteiger partial charge in [0.2, 0.25) is 0 Å². The summed E-state index contributed by atoms with van der Waals surface area (Å²) in [5.41, 5.74) is 6.48. The molecule has 1 aromatic carbocycles. The molecule has 0 amide bonds. The highest BCUT2D eigenvalue weighted by Gasteiger charge is 2.10. The largest absolute Gasteiger partial charge is 0.493 e. The number of nitrogens with two attached hydrogens (primary N) is 1. The molecule has 0 aliphatic heterocycles. The molecule has 3 nitrogen and oxygen atoms in total. The highest BCUT2D eigenvalue weighted by Crippen LogP contribution is 2.16. The summed E-state index contributed by atoms with van der Waals surface area (Å²) in [4.78, 5) is 3.90. The van der Waals surface area contributed by atoms with Gasteiger partial charge < -0.3 is 10.5 Å². The Hall–Kier alpha value is -1.52. The third-order valence-corrected chi connectivity index (χ3v) is 4.25. The molecule has 1 aromatic heterocycles. The average molecular weight is 304 g/mol. The molecule has 0 radical (unpaired) electrons. The lowest BCUT2D eigenvalue weighted by atomic mass is 10.2. The zero-order valence-corrected chi connectivity index (χ0v) is 13.6. The van der Waals surface area contributed by atoms with Gasteiger partial charge in [-0.15, -0.1) is 11.3 Å². The highest BCUT2D eigenvalue weighted by molar-refractivity contribution is 7.09. The standard InChI is InChI=1S/C17H24N2OS/c1-14(2)19(13-17-8-4-11-21-17)9-5-10-20-16-7-3-6-15(18)12-16/h3-4,6-8,11-12,14H,5,9-10,13,18H2,1-2H3. The molecule has 0 bridgehead atoms. The molecular weight excluding hydrogens is 280 g/mol. The van der Waals surface area contributed by atoms with Gasteiger partial charge in [0.1, 0.15) is 5.75 Å². The summed E-state index contributed by atoms with van der Waals surface area (Å²) in [7, 11) is 0. The fraction of sp³-hybridized carbons (Fsp3) is 0.412. The number of hydrogen-bond acceptors (Lipinski definition) is 4. The summed E-state index contributed by atoms with van der Waals surface area (Å²) >= 11 is 1.82. The molecule has 2 aromatic rings. The van der Waals surface area contributed by atoms with Crippen LogP contribution in [0.15, 0.2) is 41.8 Å². The van der Waals surface area contributed by atoms with Crippen LogP contribution in [0.3, 0.4) is 0 Å². The number of anilines is 1. The van der Waals surface area contributed by atoms with Crippen molar-refractivity contribution < 1.29 is 4.74 Å². The molecule has 0 atom stereocenters. The number of benzene rings is 1. The fourth-order valence-corrected chi connectivity index (χ4v) is 2.91. The summed E-state index contributed by atoms with van der Waals surface area (Å²) < 4.78 is 5.75. The maximum absolute atomic E-state index is 5.75. The van der Waals surface area contributed by atoms with E-state index in [1.54, 1.807) is 0 Å². The first-order valence-electron chi connectivity index (χ1n) is 7.40. The third-order valence-electron chi connectivity index (χ3n) is 3.39. The molecule has 0 saturated carbocycles. The number of ether oxygens (including phenoxy) is 1. The molecule has 0 saturated heterocycles. The number of thiophene rings is 1. The Morgan fingerprint density at radius 2 is 2.10 bits per heavy atom. The minimum atomic E-state index is 0.541. The van der Waals surface area contributed by atoms with Crippen LogP contribution in [0, 0.1) is 0 Å². The van der Waals surface area contributed by atoms with Crippen molar-refractivity contribution in [1.29, 1.82) is 0 Å². The van der Waals surface area contributed by atoms with Crippen molar-refractivity contribution in [2.45, 2.75) is 32.9 Å². The molecule has 114 valence electrons. The van der Waals surface area contributed by atoms with Crippen molar-refractivity contribution in [3.8, 4) is 5.75 Å². The first-order valence-corrected chi connectivity index (χ1v) is 8.28. The van der Waals surface area contributed by atoms with Crippen LogP contribution in [0.2, 0.25) is 0 Å². The number of hydrogen-bond donors (Lipinski definition) is 1. The van der Waals surface area contributed by atoms with Crippen LogP contribution in [-0.4, -0.2) is 24.1 Å². The van der Waals surface area contributed by atoms with Crippen LogP contribution >= 0.6 is 11.3 Å². The van der Waals surface area contributed by atoms with Crippen molar-refractivity contribution in [3.05, 3.63) is 46.7 Å². The fourth-order valence-electron chi connectivity index (χ4n) is 2.18. The second kappa shape index (κ2) is 8.05. The van der Waals surface area contributed by atoms with Crippen molar-refractivity contribution in [3.63, 3.8) is 0 Å². The zero-order valence-electron chi connectivity index (χ0n) is 12.8. The summed E-state index contributed by atoms with van der Waals surface area (Å²) in [6.07, 6.45) is 1.01. The second-order valence-electron chi connectivity index (χ2n) is 5.42. The molecule has 0 aliphatic carbocycles. The topological polar surface area (TPSA) is 38.5 Å². The Bertz CT molecular complexity index is 525. The number of rotatable bonds is 8. The van der Waals surface area contributed by atoms with Crippen molar-refractivity contribution in [2.24, 2.45) is 0 Å². The van der Waals surface area contributed by atoms with Crippen LogP contribution in [0.4, 0.5) is 5.69 Å². The van der Waals surface area contributed by atoms with E-state index in [-0.39, 0.29) is 0 Å². The summed E-state index contributed by atoms with van der Waals surface area (Å²) in [5, 5.41) is 2.14. The lowest BCUT2D eigenvalue weighted by Gasteiger charge is -2.25. The molecule has 4 heteroatoms. The predicted octanol–water partition coefficient (Wildman–Crippen LogP) is 4.01. The van der Waals surface area contributed by atoms with E-state index in [1.807, 2.05) is 35.6 Å². The van der Waals surface area contributed by atoms with Gasteiger partial charge in [-0.3, -0.25) is 4.90 Å². The van der Waals surface area contributed by atoms with E-state index in [0.717, 1.165) is 37.6 Å². The van der Waals surface area contributed by atoms with Gasteiger partial charge in [-0.1, -0.05) is 12.1 Å². The van der Waals surface area contributed by atoms with Crippen LogP contribution < -0.4 is 10.5 Å². The van der Waals surface area contributed by atoms with Gasteiger partial charge in [-0.05, 0) is 43.8 Å². The van der Waals surface area contributed by atoms with E-state index in [9.17, 15) is 0 Å². The van der Waals surface area contributed by atoms with Crippen molar-refractivity contribution in [1.82, 2.24) is 4.90 Å². The Morgan fingerprint density at radius 3 is 2.76 bits per heavy atom. The SMILES string of the molecule is CC(C)N(CCCOc1cccc(N)c1)Cc1cccs1. The van der Waals surface area contributed by atoms with Crippen molar-refractivity contribution in [2.75, 3.05) is 18.9 Å². The maximum Gasteiger partial charge on any atom is 0.121 e. The lowest BCUT2D eigenvalue weighted by molar-refractivity contribution is 0.192. The zero-order chi connectivity index (χ0) is 15.1. The first kappa shape index (κ1) is 15.9. The highest BCUT2D eigenvalue weighted by atomic mass is 32.1. The van der Waals surface area contributed by atoms with E-state index in [2.05, 4.69) is 36.3 Å². The van der Waals surface area contributed by atoms with Gasteiger partial charge in [-0.2, -0.15) is 0 Å². The summed E-state index contributed by atoms with van der Waals surface area (Å²) in [6.45, 7) is 7.27.